The minimum atomic E-state index is -3.37. The summed E-state index contributed by atoms with van der Waals surface area (Å²) in [7, 11) is 0. The van der Waals surface area contributed by atoms with Crippen LogP contribution in [0.15, 0.2) is 48.5 Å². The predicted molar refractivity (Wildman–Crippen MR) is 118 cm³/mol. The van der Waals surface area contributed by atoms with Gasteiger partial charge in [0.2, 0.25) is 0 Å². The fourth-order valence-corrected chi connectivity index (χ4v) is 4.98. The third-order valence-electron chi connectivity index (χ3n) is 6.36. The fraction of sp³-hybridized carbons (Fsp3) is 0.440. The Labute approximate surface area is 196 Å². The van der Waals surface area contributed by atoms with Crippen molar-refractivity contribution in [3.8, 4) is 11.1 Å². The van der Waals surface area contributed by atoms with Crippen LogP contribution in [-0.4, -0.2) is 65.5 Å². The molecule has 3 aliphatic rings. The molecule has 0 saturated carbocycles. The number of hydrogen-bond acceptors (Lipinski definition) is 5. The number of nitrogens with zero attached hydrogens (tertiary/aromatic N) is 2. The molecule has 2 amide bonds. The van der Waals surface area contributed by atoms with Gasteiger partial charge >= 0.3 is 12.2 Å². The molecule has 2 saturated heterocycles. The fourth-order valence-electron chi connectivity index (χ4n) is 4.98. The molecular weight excluding hydrogens is 446 g/mol. The average Bonchev–Trinajstić information content (AvgIpc) is 3.42. The summed E-state index contributed by atoms with van der Waals surface area (Å²) in [5, 5.41) is 0.585. The number of amides is 2. The summed E-state index contributed by atoms with van der Waals surface area (Å²) in [6, 6.07) is 13.0. The normalized spacial score (nSPS) is 22.9. The van der Waals surface area contributed by atoms with E-state index in [-0.39, 0.29) is 19.1 Å². The van der Waals surface area contributed by atoms with Gasteiger partial charge in [0, 0.05) is 5.92 Å². The van der Waals surface area contributed by atoms with Gasteiger partial charge in [0.15, 0.2) is 6.04 Å². The summed E-state index contributed by atoms with van der Waals surface area (Å²) in [5.41, 5.74) is 3.31. The highest BCUT2D eigenvalue weighted by Crippen LogP contribution is 2.45. The van der Waals surface area contributed by atoms with E-state index in [0.717, 1.165) is 27.2 Å². The number of likely N-dealkylation sites (tertiary alicyclic amines) is 1. The van der Waals surface area contributed by atoms with E-state index in [2.05, 4.69) is 0 Å². The van der Waals surface area contributed by atoms with E-state index in [4.69, 9.17) is 14.3 Å². The Kier molecular flexibility index (Phi) is 5.27. The van der Waals surface area contributed by atoms with Gasteiger partial charge in [-0.2, -0.15) is 5.06 Å². The van der Waals surface area contributed by atoms with Crippen LogP contribution in [0.1, 0.15) is 37.8 Å². The van der Waals surface area contributed by atoms with E-state index in [1.54, 1.807) is 20.8 Å². The molecule has 7 nitrogen and oxygen atoms in total. The third kappa shape index (κ3) is 3.77. The molecule has 0 N–H and O–H groups in total. The van der Waals surface area contributed by atoms with Crippen LogP contribution in [0.5, 0.6) is 0 Å². The van der Waals surface area contributed by atoms with Crippen molar-refractivity contribution in [2.75, 3.05) is 19.8 Å². The van der Waals surface area contributed by atoms with Crippen molar-refractivity contribution in [1.82, 2.24) is 9.96 Å². The van der Waals surface area contributed by atoms with Crippen molar-refractivity contribution < 1.29 is 32.7 Å². The average molecular weight is 472 g/mol. The highest BCUT2D eigenvalue weighted by Gasteiger charge is 2.64. The molecule has 2 heterocycles. The number of alkyl halides is 2. The van der Waals surface area contributed by atoms with E-state index in [1.165, 1.54) is 0 Å². The van der Waals surface area contributed by atoms with Crippen LogP contribution in [0.3, 0.4) is 0 Å². The first-order valence-electron chi connectivity index (χ1n) is 11.2. The van der Waals surface area contributed by atoms with Crippen LogP contribution in [-0.2, 0) is 14.3 Å². The second kappa shape index (κ2) is 7.94. The first-order chi connectivity index (χ1) is 16.1. The number of benzene rings is 2. The van der Waals surface area contributed by atoms with Crippen molar-refractivity contribution in [2.45, 2.75) is 50.3 Å². The zero-order chi connectivity index (χ0) is 24.3. The number of rotatable bonds is 2. The molecule has 2 aromatic rings. The Morgan fingerprint density at radius 2 is 1.62 bits per heavy atom. The van der Waals surface area contributed by atoms with E-state index in [0.29, 0.717) is 5.06 Å². The largest absolute Gasteiger partial charge is 0.447 e. The highest BCUT2D eigenvalue weighted by atomic mass is 19.3. The molecule has 180 valence electrons. The molecule has 2 atom stereocenters. The van der Waals surface area contributed by atoms with E-state index >= 15 is 0 Å². The summed E-state index contributed by atoms with van der Waals surface area (Å²) >= 11 is 0. The van der Waals surface area contributed by atoms with Gasteiger partial charge in [0.25, 0.3) is 5.92 Å². The van der Waals surface area contributed by atoms with E-state index in [9.17, 15) is 18.4 Å². The van der Waals surface area contributed by atoms with Gasteiger partial charge in [-0.05, 0) is 43.0 Å². The van der Waals surface area contributed by atoms with E-state index in [1.807, 2.05) is 48.5 Å². The maximum atomic E-state index is 14.9. The summed E-state index contributed by atoms with van der Waals surface area (Å²) in [5.74, 6) is -3.58. The molecule has 0 bridgehead atoms. The Morgan fingerprint density at radius 1 is 1.03 bits per heavy atom. The van der Waals surface area contributed by atoms with Crippen LogP contribution in [0.2, 0.25) is 0 Å². The van der Waals surface area contributed by atoms with Gasteiger partial charge in [-0.25, -0.2) is 18.4 Å². The van der Waals surface area contributed by atoms with Crippen molar-refractivity contribution in [2.24, 2.45) is 0 Å². The summed E-state index contributed by atoms with van der Waals surface area (Å²) in [6.45, 7) is 3.85. The van der Waals surface area contributed by atoms with Crippen molar-refractivity contribution in [1.29, 1.82) is 0 Å². The lowest BCUT2D eigenvalue weighted by Gasteiger charge is -2.26. The zero-order valence-corrected chi connectivity index (χ0v) is 19.2. The quantitative estimate of drug-likeness (QED) is 0.628. The topological polar surface area (TPSA) is 68.3 Å². The molecule has 0 radical (unpaired) electrons. The van der Waals surface area contributed by atoms with Gasteiger partial charge in [-0.3, -0.25) is 9.74 Å². The van der Waals surface area contributed by atoms with Gasteiger partial charge in [0.1, 0.15) is 12.2 Å². The van der Waals surface area contributed by atoms with Crippen LogP contribution in [0.4, 0.5) is 18.4 Å². The van der Waals surface area contributed by atoms with Gasteiger partial charge in [-0.15, -0.1) is 0 Å². The Bertz CT molecular complexity index is 1090. The molecule has 2 aliphatic heterocycles. The minimum Gasteiger partial charge on any atom is -0.447 e. The molecule has 9 heteroatoms. The standard InChI is InChI=1S/C25H26F2N2O5/c1-24(2,3)34-22(30)28-14-25(26,27)21-20(28)13-33-29(21)23(31)32-12-19-17-10-6-4-8-15(17)16-9-5-7-11-18(16)19/h4-11,19-21H,12-14H2,1-3H3/t20-,21+/m1/s1. The van der Waals surface area contributed by atoms with Gasteiger partial charge < -0.3 is 9.47 Å². The van der Waals surface area contributed by atoms with E-state index < -0.39 is 42.3 Å². The molecule has 2 aromatic carbocycles. The van der Waals surface area contributed by atoms with Gasteiger partial charge in [0.05, 0.1) is 19.2 Å². The Balaban J connectivity index is 1.31. The number of carbonyl (C=O) groups excluding carboxylic acids is 2. The van der Waals surface area contributed by atoms with Crippen LogP contribution < -0.4 is 0 Å². The lowest BCUT2D eigenvalue weighted by molar-refractivity contribution is -0.161. The van der Waals surface area contributed by atoms with Crippen LogP contribution in [0.25, 0.3) is 11.1 Å². The third-order valence-corrected chi connectivity index (χ3v) is 6.36. The first kappa shape index (κ1) is 22.6. The number of fused-ring (bicyclic) bond motifs is 4. The lowest BCUT2D eigenvalue weighted by Crippen LogP contribution is -2.48. The molecule has 2 fully saturated rings. The molecule has 0 aromatic heterocycles. The minimum absolute atomic E-state index is 0.0224. The molecule has 5 rings (SSSR count). The number of carbonyl (C=O) groups is 2. The number of halogens is 2. The van der Waals surface area contributed by atoms with Gasteiger partial charge in [-0.1, -0.05) is 48.5 Å². The number of hydrogen-bond donors (Lipinski definition) is 0. The number of hydroxylamine groups is 2. The molecule has 1 aliphatic carbocycles. The monoisotopic (exact) mass is 472 g/mol. The second-order valence-corrected chi connectivity index (χ2v) is 9.81. The van der Waals surface area contributed by atoms with Crippen LogP contribution in [0, 0.1) is 0 Å². The first-order valence-corrected chi connectivity index (χ1v) is 11.2. The Morgan fingerprint density at radius 3 is 2.21 bits per heavy atom. The molecular formula is C25H26F2N2O5. The lowest BCUT2D eigenvalue weighted by atomic mass is 9.98. The maximum absolute atomic E-state index is 14.9. The van der Waals surface area contributed by atoms with Crippen molar-refractivity contribution in [3.05, 3.63) is 59.7 Å². The maximum Gasteiger partial charge on any atom is 0.434 e. The summed E-state index contributed by atoms with van der Waals surface area (Å²) < 4.78 is 40.6. The Hall–Kier alpha value is -3.20. The molecule has 0 spiro atoms. The van der Waals surface area contributed by atoms with Crippen molar-refractivity contribution in [3.63, 3.8) is 0 Å². The summed E-state index contributed by atoms with van der Waals surface area (Å²) in [4.78, 5) is 31.6. The summed E-state index contributed by atoms with van der Waals surface area (Å²) in [6.07, 6.45) is -1.86. The van der Waals surface area contributed by atoms with Crippen molar-refractivity contribution >= 4 is 12.2 Å². The molecule has 0 unspecified atom stereocenters. The predicted octanol–water partition coefficient (Wildman–Crippen LogP) is 4.81. The zero-order valence-electron chi connectivity index (χ0n) is 19.2. The number of ether oxygens (including phenoxy) is 2. The second-order valence-electron chi connectivity index (χ2n) is 9.81. The van der Waals surface area contributed by atoms with Crippen LogP contribution >= 0.6 is 0 Å². The SMILES string of the molecule is CC(C)(C)OC(=O)N1CC(F)(F)[C@@H]2[C@H]1CON2C(=O)OCC1c2ccccc2-c2ccccc21. The smallest absolute Gasteiger partial charge is 0.434 e. The molecule has 34 heavy (non-hydrogen) atoms. The highest BCUT2D eigenvalue weighted by molar-refractivity contribution is 5.79.